The Kier molecular flexibility index (Phi) is 2.39. The van der Waals surface area contributed by atoms with Gasteiger partial charge in [-0.2, -0.15) is 0 Å². The molecule has 17 heavy (non-hydrogen) atoms. The fourth-order valence-corrected chi connectivity index (χ4v) is 3.45. The fraction of sp³-hybridized carbons (Fsp3) is 0.769. The number of hydrogen-bond acceptors (Lipinski definition) is 1. The van der Waals surface area contributed by atoms with E-state index in [9.17, 15) is 13.6 Å². The molecule has 0 N–H and O–H groups in total. The smallest absolute Gasteiger partial charge is 0.241 e. The zero-order chi connectivity index (χ0) is 12.2. The molecule has 1 aliphatic heterocycles. The van der Waals surface area contributed by atoms with Crippen molar-refractivity contribution in [3.63, 3.8) is 0 Å². The first-order valence-electron chi connectivity index (χ1n) is 6.20. The number of alkyl halides is 2. The van der Waals surface area contributed by atoms with Gasteiger partial charge in [-0.1, -0.05) is 5.92 Å². The number of piperidine rings is 1. The summed E-state index contributed by atoms with van der Waals surface area (Å²) in [6.07, 6.45) is 6.10. The van der Waals surface area contributed by atoms with Gasteiger partial charge in [-0.3, -0.25) is 4.79 Å². The Hall–Kier alpha value is -1.11. The van der Waals surface area contributed by atoms with Crippen molar-refractivity contribution in [2.75, 3.05) is 0 Å². The van der Waals surface area contributed by atoms with Crippen molar-refractivity contribution >= 4 is 5.91 Å². The standard InChI is InChI=1S/C13H15F2NO/c1-2-11-9-5-8(6-10(9)12(14)15)16(11)13(17)7-3-4-7/h1,7-12H,3-6H2/t8-,9+,10+,11+/m1/s1. The molecule has 3 fully saturated rings. The third kappa shape index (κ3) is 1.55. The molecule has 1 saturated heterocycles. The van der Waals surface area contributed by atoms with Crippen LogP contribution in [0.3, 0.4) is 0 Å². The normalized spacial score (nSPS) is 39.8. The number of carbonyl (C=O) groups is 1. The van der Waals surface area contributed by atoms with Gasteiger partial charge in [0.25, 0.3) is 0 Å². The van der Waals surface area contributed by atoms with Crippen LogP contribution in [0.1, 0.15) is 25.7 Å². The lowest BCUT2D eigenvalue weighted by Gasteiger charge is -2.36. The zero-order valence-corrected chi connectivity index (χ0v) is 9.48. The van der Waals surface area contributed by atoms with E-state index in [4.69, 9.17) is 6.42 Å². The lowest BCUT2D eigenvalue weighted by atomic mass is 9.88. The first-order chi connectivity index (χ1) is 8.13. The monoisotopic (exact) mass is 239 g/mol. The number of rotatable bonds is 2. The molecule has 4 heteroatoms. The predicted octanol–water partition coefficient (Wildman–Crippen LogP) is 1.90. The molecule has 2 saturated carbocycles. The molecule has 92 valence electrons. The third-order valence-electron chi connectivity index (χ3n) is 4.41. The lowest BCUT2D eigenvalue weighted by Crippen LogP contribution is -2.48. The Morgan fingerprint density at radius 2 is 2.06 bits per heavy atom. The maximum Gasteiger partial charge on any atom is 0.241 e. The van der Waals surface area contributed by atoms with Gasteiger partial charge < -0.3 is 4.90 Å². The molecule has 0 aromatic carbocycles. The van der Waals surface area contributed by atoms with Crippen LogP contribution in [0.2, 0.25) is 0 Å². The summed E-state index contributed by atoms with van der Waals surface area (Å²) < 4.78 is 25.7. The topological polar surface area (TPSA) is 20.3 Å². The van der Waals surface area contributed by atoms with Crippen LogP contribution in [0, 0.1) is 30.1 Å². The molecule has 0 unspecified atom stereocenters. The van der Waals surface area contributed by atoms with Gasteiger partial charge in [-0.25, -0.2) is 8.78 Å². The molecular weight excluding hydrogens is 224 g/mol. The number of nitrogens with zero attached hydrogens (tertiary/aromatic N) is 1. The van der Waals surface area contributed by atoms with Crippen molar-refractivity contribution in [2.45, 2.75) is 44.2 Å². The quantitative estimate of drug-likeness (QED) is 0.674. The molecule has 1 amide bonds. The molecule has 0 aromatic rings. The number of likely N-dealkylation sites (tertiary alicyclic amines) is 1. The Morgan fingerprint density at radius 3 is 2.59 bits per heavy atom. The molecule has 4 atom stereocenters. The molecule has 2 aliphatic carbocycles. The van der Waals surface area contributed by atoms with E-state index >= 15 is 0 Å². The van der Waals surface area contributed by atoms with Gasteiger partial charge in [-0.05, 0) is 25.7 Å². The van der Waals surface area contributed by atoms with Gasteiger partial charge in [0.2, 0.25) is 12.3 Å². The van der Waals surface area contributed by atoms with Crippen LogP contribution < -0.4 is 0 Å². The summed E-state index contributed by atoms with van der Waals surface area (Å²) in [5.74, 6) is 2.00. The maximum absolute atomic E-state index is 12.8. The van der Waals surface area contributed by atoms with Gasteiger partial charge in [0.1, 0.15) is 0 Å². The number of hydrogen-bond donors (Lipinski definition) is 0. The molecule has 3 aliphatic rings. The highest BCUT2D eigenvalue weighted by molar-refractivity contribution is 5.82. The highest BCUT2D eigenvalue weighted by Gasteiger charge is 2.56. The van der Waals surface area contributed by atoms with Crippen LogP contribution in [0.15, 0.2) is 0 Å². The summed E-state index contributed by atoms with van der Waals surface area (Å²) in [5, 5.41) is 0. The average Bonchev–Trinajstić information content (AvgIpc) is 2.98. The number of halogens is 2. The predicted molar refractivity (Wildman–Crippen MR) is 58.2 cm³/mol. The minimum atomic E-state index is -2.31. The van der Waals surface area contributed by atoms with E-state index in [0.717, 1.165) is 12.8 Å². The number of amides is 1. The molecule has 2 bridgehead atoms. The first kappa shape index (κ1) is 11.0. The van der Waals surface area contributed by atoms with E-state index in [2.05, 4.69) is 5.92 Å². The average molecular weight is 239 g/mol. The van der Waals surface area contributed by atoms with Crippen LogP contribution in [-0.2, 0) is 4.79 Å². The molecule has 3 rings (SSSR count). The van der Waals surface area contributed by atoms with Crippen molar-refractivity contribution < 1.29 is 13.6 Å². The third-order valence-corrected chi connectivity index (χ3v) is 4.41. The molecule has 0 spiro atoms. The molecule has 0 aromatic heterocycles. The minimum absolute atomic E-state index is 0.0341. The first-order valence-corrected chi connectivity index (χ1v) is 6.20. The van der Waals surface area contributed by atoms with Crippen molar-refractivity contribution in [1.29, 1.82) is 0 Å². The van der Waals surface area contributed by atoms with E-state index in [1.807, 2.05) is 0 Å². The SMILES string of the molecule is C#C[C@H]1[C@H]2C[C@H](C[C@@H]2C(F)F)N1C(=O)C1CC1. The number of carbonyl (C=O) groups excluding carboxylic acids is 1. The molecule has 1 heterocycles. The van der Waals surface area contributed by atoms with Gasteiger partial charge in [-0.15, -0.1) is 6.42 Å². The largest absolute Gasteiger partial charge is 0.325 e. The van der Waals surface area contributed by atoms with E-state index < -0.39 is 12.3 Å². The van der Waals surface area contributed by atoms with Crippen molar-refractivity contribution in [2.24, 2.45) is 17.8 Å². The summed E-state index contributed by atoms with van der Waals surface area (Å²) in [4.78, 5) is 13.8. The van der Waals surface area contributed by atoms with Crippen molar-refractivity contribution in [3.8, 4) is 12.3 Å². The van der Waals surface area contributed by atoms with Crippen LogP contribution in [-0.4, -0.2) is 29.3 Å². The van der Waals surface area contributed by atoms with Crippen LogP contribution in [0.5, 0.6) is 0 Å². The van der Waals surface area contributed by atoms with E-state index in [1.54, 1.807) is 4.90 Å². The molecule has 2 nitrogen and oxygen atoms in total. The van der Waals surface area contributed by atoms with E-state index in [-0.39, 0.29) is 29.8 Å². The Balaban J connectivity index is 1.81. The lowest BCUT2D eigenvalue weighted by molar-refractivity contribution is -0.137. The van der Waals surface area contributed by atoms with Crippen LogP contribution in [0.25, 0.3) is 0 Å². The Bertz CT molecular complexity index is 385. The van der Waals surface area contributed by atoms with Gasteiger partial charge >= 0.3 is 0 Å². The maximum atomic E-state index is 12.8. The summed E-state index contributed by atoms with van der Waals surface area (Å²) in [5.41, 5.74) is 0. The second-order valence-electron chi connectivity index (χ2n) is 5.42. The second-order valence-corrected chi connectivity index (χ2v) is 5.42. The van der Waals surface area contributed by atoms with Gasteiger partial charge in [0, 0.05) is 23.8 Å². The van der Waals surface area contributed by atoms with Crippen LogP contribution >= 0.6 is 0 Å². The zero-order valence-electron chi connectivity index (χ0n) is 9.48. The Labute approximate surface area is 99.4 Å². The summed E-state index contributed by atoms with van der Waals surface area (Å²) in [6.45, 7) is 0. The second kappa shape index (κ2) is 3.69. The fourth-order valence-electron chi connectivity index (χ4n) is 3.45. The summed E-state index contributed by atoms with van der Waals surface area (Å²) >= 11 is 0. The Morgan fingerprint density at radius 1 is 1.35 bits per heavy atom. The van der Waals surface area contributed by atoms with Gasteiger partial charge in [0.05, 0.1) is 6.04 Å². The van der Waals surface area contributed by atoms with E-state index in [1.165, 1.54) is 0 Å². The number of terminal acetylenes is 1. The summed E-state index contributed by atoms with van der Waals surface area (Å²) in [6, 6.07) is -0.422. The van der Waals surface area contributed by atoms with Crippen molar-refractivity contribution in [3.05, 3.63) is 0 Å². The number of fused-ring (bicyclic) bond motifs is 2. The van der Waals surface area contributed by atoms with E-state index in [0.29, 0.717) is 12.8 Å². The summed E-state index contributed by atoms with van der Waals surface area (Å²) in [7, 11) is 0. The molecule has 0 radical (unpaired) electrons. The van der Waals surface area contributed by atoms with Crippen LogP contribution in [0.4, 0.5) is 8.78 Å². The highest BCUT2D eigenvalue weighted by atomic mass is 19.3. The minimum Gasteiger partial charge on any atom is -0.325 e. The molecular formula is C13H15F2NO. The van der Waals surface area contributed by atoms with Gasteiger partial charge in [0.15, 0.2) is 0 Å². The highest BCUT2D eigenvalue weighted by Crippen LogP contribution is 2.50. The van der Waals surface area contributed by atoms with Crippen molar-refractivity contribution in [1.82, 2.24) is 4.90 Å².